The highest BCUT2D eigenvalue weighted by Gasteiger charge is 2.35. The summed E-state index contributed by atoms with van der Waals surface area (Å²) in [5.41, 5.74) is 0. The molecule has 2 amide bonds. The zero-order chi connectivity index (χ0) is 15.4. The van der Waals surface area contributed by atoms with Crippen molar-refractivity contribution in [3.8, 4) is 0 Å². The van der Waals surface area contributed by atoms with Crippen LogP contribution in [0.25, 0.3) is 0 Å². The van der Waals surface area contributed by atoms with Crippen molar-refractivity contribution in [1.82, 2.24) is 20.4 Å². The molecule has 3 saturated heterocycles. The van der Waals surface area contributed by atoms with Gasteiger partial charge >= 0.3 is 0 Å². The predicted molar refractivity (Wildman–Crippen MR) is 84.4 cm³/mol. The van der Waals surface area contributed by atoms with Gasteiger partial charge in [0, 0.05) is 13.1 Å². The number of carbonyl (C=O) groups is 2. The van der Waals surface area contributed by atoms with Crippen LogP contribution in [-0.2, 0) is 9.59 Å². The smallest absolute Gasteiger partial charge is 0.244 e. The largest absolute Gasteiger partial charge is 0.341 e. The molecule has 3 rings (SSSR count). The van der Waals surface area contributed by atoms with E-state index in [1.165, 1.54) is 38.5 Å². The fourth-order valence-electron chi connectivity index (χ4n) is 3.73. The van der Waals surface area contributed by atoms with Crippen LogP contribution in [0.1, 0.15) is 38.5 Å². The average Bonchev–Trinajstić information content (AvgIpc) is 2.54. The minimum Gasteiger partial charge on any atom is -0.341 e. The van der Waals surface area contributed by atoms with Crippen LogP contribution in [-0.4, -0.2) is 73.0 Å². The maximum Gasteiger partial charge on any atom is 0.244 e. The fraction of sp³-hybridized carbons (Fsp3) is 0.875. The Morgan fingerprint density at radius 1 is 0.682 bits per heavy atom. The minimum absolute atomic E-state index is 0.0211. The molecule has 0 radical (unpaired) electrons. The summed E-state index contributed by atoms with van der Waals surface area (Å²) < 4.78 is 0. The number of likely N-dealkylation sites (tertiary alicyclic amines) is 2. The number of piperidine rings is 2. The molecular weight excluding hydrogens is 280 g/mol. The molecule has 0 aromatic rings. The maximum absolute atomic E-state index is 12.3. The van der Waals surface area contributed by atoms with Crippen LogP contribution in [0.3, 0.4) is 0 Å². The Morgan fingerprint density at radius 3 is 1.41 bits per heavy atom. The molecule has 2 atom stereocenters. The maximum atomic E-state index is 12.3. The van der Waals surface area contributed by atoms with Crippen LogP contribution in [0.5, 0.6) is 0 Å². The van der Waals surface area contributed by atoms with Gasteiger partial charge in [0.1, 0.15) is 12.1 Å². The van der Waals surface area contributed by atoms with Gasteiger partial charge in [-0.25, -0.2) is 0 Å². The summed E-state index contributed by atoms with van der Waals surface area (Å²) in [6.45, 7) is 5.45. The zero-order valence-corrected chi connectivity index (χ0v) is 13.4. The van der Waals surface area contributed by atoms with Crippen LogP contribution in [0.15, 0.2) is 0 Å². The lowest BCUT2D eigenvalue weighted by molar-refractivity contribution is -0.137. The van der Waals surface area contributed by atoms with Gasteiger partial charge in [0.05, 0.1) is 0 Å². The third-order valence-electron chi connectivity index (χ3n) is 5.04. The second-order valence-electron chi connectivity index (χ2n) is 6.84. The Hall–Kier alpha value is -1.14. The van der Waals surface area contributed by atoms with E-state index in [1.807, 2.05) is 0 Å². The topological polar surface area (TPSA) is 64.7 Å². The minimum atomic E-state index is -0.386. The molecule has 0 aliphatic carbocycles. The number of piperazine rings is 1. The highest BCUT2D eigenvalue weighted by Crippen LogP contribution is 2.12. The monoisotopic (exact) mass is 308 g/mol. The molecule has 124 valence electrons. The molecule has 0 aromatic heterocycles. The number of amides is 2. The number of nitrogens with one attached hydrogen (secondary N) is 2. The molecule has 2 N–H and O–H groups in total. The molecule has 3 aliphatic rings. The molecule has 3 fully saturated rings. The Morgan fingerprint density at radius 2 is 1.05 bits per heavy atom. The zero-order valence-electron chi connectivity index (χ0n) is 13.4. The number of hydrogen-bond acceptors (Lipinski definition) is 4. The number of rotatable bonds is 4. The SMILES string of the molecule is O=C1NC(CN2CCCCC2)C(=O)NC1CN1CCCCC1. The van der Waals surface area contributed by atoms with E-state index >= 15 is 0 Å². The third kappa shape index (κ3) is 3.98. The lowest BCUT2D eigenvalue weighted by Crippen LogP contribution is -2.66. The van der Waals surface area contributed by atoms with Crippen molar-refractivity contribution in [2.45, 2.75) is 50.6 Å². The van der Waals surface area contributed by atoms with Gasteiger partial charge in [0.2, 0.25) is 11.8 Å². The van der Waals surface area contributed by atoms with Crippen molar-refractivity contribution in [1.29, 1.82) is 0 Å². The van der Waals surface area contributed by atoms with Crippen LogP contribution in [0.4, 0.5) is 0 Å². The summed E-state index contributed by atoms with van der Waals surface area (Å²) in [7, 11) is 0. The first-order valence-corrected chi connectivity index (χ1v) is 8.78. The standard InChI is InChI=1S/C16H28N4O2/c21-15-13(11-19-7-3-1-4-8-19)17-16(22)14(18-15)12-20-9-5-2-6-10-20/h13-14H,1-12H2,(H,17,22)(H,18,21). The molecule has 6 nitrogen and oxygen atoms in total. The van der Waals surface area contributed by atoms with Crippen molar-refractivity contribution in [3.63, 3.8) is 0 Å². The molecule has 6 heteroatoms. The van der Waals surface area contributed by atoms with Gasteiger partial charge in [-0.15, -0.1) is 0 Å². The summed E-state index contributed by atoms with van der Waals surface area (Å²) in [4.78, 5) is 29.2. The second kappa shape index (κ2) is 7.42. The first kappa shape index (κ1) is 15.7. The fourth-order valence-corrected chi connectivity index (χ4v) is 3.73. The van der Waals surface area contributed by atoms with Gasteiger partial charge in [-0.3, -0.25) is 9.59 Å². The normalized spacial score (nSPS) is 31.6. The van der Waals surface area contributed by atoms with Gasteiger partial charge < -0.3 is 20.4 Å². The lowest BCUT2D eigenvalue weighted by Gasteiger charge is -2.36. The summed E-state index contributed by atoms with van der Waals surface area (Å²) in [6.07, 6.45) is 7.33. The van der Waals surface area contributed by atoms with Gasteiger partial charge in [-0.05, 0) is 51.9 Å². The van der Waals surface area contributed by atoms with Crippen LogP contribution in [0.2, 0.25) is 0 Å². The van der Waals surface area contributed by atoms with E-state index in [0.29, 0.717) is 13.1 Å². The highest BCUT2D eigenvalue weighted by atomic mass is 16.2. The van der Waals surface area contributed by atoms with E-state index < -0.39 is 0 Å². The van der Waals surface area contributed by atoms with Gasteiger partial charge in [-0.2, -0.15) is 0 Å². The molecule has 3 heterocycles. The average molecular weight is 308 g/mol. The van der Waals surface area contributed by atoms with Crippen LogP contribution < -0.4 is 10.6 Å². The van der Waals surface area contributed by atoms with Crippen molar-refractivity contribution in [2.24, 2.45) is 0 Å². The van der Waals surface area contributed by atoms with E-state index in [-0.39, 0.29) is 23.9 Å². The van der Waals surface area contributed by atoms with E-state index in [4.69, 9.17) is 0 Å². The number of nitrogens with zero attached hydrogens (tertiary/aromatic N) is 2. The van der Waals surface area contributed by atoms with Crippen molar-refractivity contribution in [3.05, 3.63) is 0 Å². The second-order valence-corrected chi connectivity index (χ2v) is 6.84. The first-order chi connectivity index (χ1) is 10.7. The van der Waals surface area contributed by atoms with E-state index in [0.717, 1.165) is 26.2 Å². The van der Waals surface area contributed by atoms with Gasteiger partial charge in [0.15, 0.2) is 0 Å². The summed E-state index contributed by atoms with van der Waals surface area (Å²) in [5, 5.41) is 5.87. The molecule has 0 saturated carbocycles. The lowest BCUT2D eigenvalue weighted by atomic mass is 10.1. The molecule has 3 aliphatic heterocycles. The van der Waals surface area contributed by atoms with E-state index in [1.54, 1.807) is 0 Å². The summed E-state index contributed by atoms with van der Waals surface area (Å²) >= 11 is 0. The van der Waals surface area contributed by atoms with Crippen molar-refractivity contribution < 1.29 is 9.59 Å². The summed E-state index contributed by atoms with van der Waals surface area (Å²) in [6, 6.07) is -0.772. The Bertz CT molecular complexity index is 365. The summed E-state index contributed by atoms with van der Waals surface area (Å²) in [5.74, 6) is -0.0423. The Labute approximate surface area is 132 Å². The molecular formula is C16H28N4O2. The van der Waals surface area contributed by atoms with E-state index in [9.17, 15) is 9.59 Å². The quantitative estimate of drug-likeness (QED) is 0.764. The molecule has 0 spiro atoms. The molecule has 2 unspecified atom stereocenters. The highest BCUT2D eigenvalue weighted by molar-refractivity contribution is 5.97. The Kier molecular flexibility index (Phi) is 5.31. The third-order valence-corrected chi connectivity index (χ3v) is 5.04. The Balaban J connectivity index is 1.49. The van der Waals surface area contributed by atoms with Crippen LogP contribution >= 0.6 is 0 Å². The van der Waals surface area contributed by atoms with Gasteiger partial charge in [-0.1, -0.05) is 12.8 Å². The molecule has 0 aromatic carbocycles. The van der Waals surface area contributed by atoms with Gasteiger partial charge in [0.25, 0.3) is 0 Å². The first-order valence-electron chi connectivity index (χ1n) is 8.78. The van der Waals surface area contributed by atoms with Crippen LogP contribution in [0, 0.1) is 0 Å². The molecule has 22 heavy (non-hydrogen) atoms. The van der Waals surface area contributed by atoms with Crippen molar-refractivity contribution >= 4 is 11.8 Å². The molecule has 0 bridgehead atoms. The number of carbonyl (C=O) groups excluding carboxylic acids is 2. The van der Waals surface area contributed by atoms with E-state index in [2.05, 4.69) is 20.4 Å². The number of hydrogen-bond donors (Lipinski definition) is 2. The van der Waals surface area contributed by atoms with Crippen molar-refractivity contribution in [2.75, 3.05) is 39.3 Å². The predicted octanol–water partition coefficient (Wildman–Crippen LogP) is -0.0586.